The van der Waals surface area contributed by atoms with Crippen LogP contribution in [0.1, 0.15) is 117 Å². The molecule has 0 aromatic heterocycles. The summed E-state index contributed by atoms with van der Waals surface area (Å²) in [6, 6.07) is 0. The van der Waals surface area contributed by atoms with Crippen molar-refractivity contribution in [3.63, 3.8) is 0 Å². The summed E-state index contributed by atoms with van der Waals surface area (Å²) in [5.74, 6) is 0.621. The van der Waals surface area contributed by atoms with E-state index in [2.05, 4.69) is 38.2 Å². The van der Waals surface area contributed by atoms with Crippen molar-refractivity contribution in [3.05, 3.63) is 35.2 Å². The molecule has 3 aliphatic rings. The summed E-state index contributed by atoms with van der Waals surface area (Å²) in [5, 5.41) is 2.02. The molecule has 0 atom stereocenters. The van der Waals surface area contributed by atoms with E-state index >= 15 is 0 Å². The molecule has 0 N–H and O–H groups in total. The molecule has 3 aliphatic carbocycles. The third-order valence-corrected chi connectivity index (χ3v) is 11.1. The number of hydrogen-bond donors (Lipinski definition) is 0. The zero-order valence-electron chi connectivity index (χ0n) is 20.8. The molecule has 0 saturated heterocycles. The molecule has 0 amide bonds. The molecular weight excluding hydrogens is 588 g/mol. The van der Waals surface area contributed by atoms with Crippen LogP contribution in [0, 0.1) is 5.92 Å². The third kappa shape index (κ3) is 12.2. The monoisotopic (exact) mass is 630 g/mol. The van der Waals surface area contributed by atoms with Crippen LogP contribution in [0.2, 0.25) is 0 Å². The summed E-state index contributed by atoms with van der Waals surface area (Å²) < 4.78 is 0. The van der Waals surface area contributed by atoms with Crippen LogP contribution in [0.5, 0.6) is 0 Å². The Morgan fingerprint density at radius 1 is 0.667 bits per heavy atom. The van der Waals surface area contributed by atoms with Gasteiger partial charge in [0.1, 0.15) is 0 Å². The summed E-state index contributed by atoms with van der Waals surface area (Å²) in [4.78, 5) is 0. The quantitative estimate of drug-likeness (QED) is 0.234. The average Bonchev–Trinajstić information content (AvgIpc) is 3.28. The van der Waals surface area contributed by atoms with Gasteiger partial charge in [-0.25, -0.2) is 0 Å². The van der Waals surface area contributed by atoms with E-state index in [1.807, 2.05) is 10.9 Å². The van der Waals surface area contributed by atoms with Crippen molar-refractivity contribution in [3.8, 4) is 0 Å². The van der Waals surface area contributed by atoms with Crippen molar-refractivity contribution < 1.29 is 75.8 Å². The minimum Gasteiger partial charge on any atom is -1.00 e. The Bertz CT molecular complexity index is 522. The molecule has 0 aliphatic heterocycles. The van der Waals surface area contributed by atoms with Crippen molar-refractivity contribution in [2.24, 2.45) is 5.92 Å². The van der Waals surface area contributed by atoms with E-state index in [0.29, 0.717) is 5.92 Å². The number of unbranched alkanes of at least 4 members (excludes halogenated alkanes) is 2. The summed E-state index contributed by atoms with van der Waals surface area (Å²) in [7, 11) is 0.0678. The molecular formula is C27H45Cl4PZr. The number of hydrogen-bond acceptors (Lipinski definition) is 0. The fourth-order valence-electron chi connectivity index (χ4n) is 5.79. The van der Waals surface area contributed by atoms with E-state index in [4.69, 9.17) is 0 Å². The molecule has 33 heavy (non-hydrogen) atoms. The second-order valence-corrected chi connectivity index (χ2v) is 12.3. The number of halogens is 4. The zero-order chi connectivity index (χ0) is 19.6. The molecule has 190 valence electrons. The van der Waals surface area contributed by atoms with Gasteiger partial charge >= 0.3 is 26.2 Å². The van der Waals surface area contributed by atoms with Crippen LogP contribution in [0.15, 0.2) is 35.2 Å². The molecule has 0 heterocycles. The number of rotatable bonds is 10. The Hall–Kier alpha value is 1.69. The van der Waals surface area contributed by atoms with Gasteiger partial charge in [-0.05, 0) is 68.0 Å². The Morgan fingerprint density at radius 3 is 1.52 bits per heavy atom. The van der Waals surface area contributed by atoms with Crippen molar-refractivity contribution in [1.82, 2.24) is 0 Å². The third-order valence-electron chi connectivity index (χ3n) is 7.34. The second-order valence-electron chi connectivity index (χ2n) is 9.47. The molecule has 2 saturated carbocycles. The normalized spacial score (nSPS) is 19.5. The largest absolute Gasteiger partial charge is 4.00 e. The van der Waals surface area contributed by atoms with E-state index in [-0.39, 0.29) is 83.8 Å². The summed E-state index contributed by atoms with van der Waals surface area (Å²) in [6.07, 6.45) is 33.0. The van der Waals surface area contributed by atoms with Gasteiger partial charge in [0.25, 0.3) is 0 Å². The van der Waals surface area contributed by atoms with E-state index < -0.39 is 0 Å². The van der Waals surface area contributed by atoms with Gasteiger partial charge in [-0.2, -0.15) is 0 Å². The van der Waals surface area contributed by atoms with E-state index in [1.54, 1.807) is 0 Å². The van der Waals surface area contributed by atoms with Gasteiger partial charge < -0.3 is 49.6 Å². The Kier molecular flexibility index (Phi) is 27.2. The molecule has 6 heteroatoms. The molecule has 0 unspecified atom stereocenters. The molecule has 0 radical (unpaired) electrons. The van der Waals surface area contributed by atoms with Crippen LogP contribution in [-0.4, -0.2) is 11.3 Å². The van der Waals surface area contributed by atoms with Gasteiger partial charge in [-0.3, -0.25) is 0 Å². The van der Waals surface area contributed by atoms with Crippen molar-refractivity contribution in [2.45, 2.75) is 128 Å². The fourth-order valence-corrected chi connectivity index (χ4v) is 10.1. The van der Waals surface area contributed by atoms with Gasteiger partial charge in [0.05, 0.1) is 0 Å². The standard InChI is InChI=1S/C27H45P.4ClH.Zr/c1-3-5-21-26(23-15-13-14-16-23)27(22-6-4-2)28(24-17-9-7-10-18-24)25-19-11-8-12-20-25;;;;;/h13-16,23-25H,3-12,17-22H2,1-2H3;4*1H;/q;;;;;+4/p-4. The van der Waals surface area contributed by atoms with Gasteiger partial charge in [-0.1, -0.05) is 103 Å². The molecule has 0 aromatic carbocycles. The summed E-state index contributed by atoms with van der Waals surface area (Å²) in [6.45, 7) is 4.76. The molecule has 0 bridgehead atoms. The Balaban J connectivity index is -0.00000180. The predicted octanol–water partition coefficient (Wildman–Crippen LogP) is -2.48. The smallest absolute Gasteiger partial charge is 1.00 e. The predicted molar refractivity (Wildman–Crippen MR) is 129 cm³/mol. The minimum atomic E-state index is 0. The van der Waals surface area contributed by atoms with Gasteiger partial charge in [0.15, 0.2) is 0 Å². The number of allylic oxidation sites excluding steroid dienone is 6. The van der Waals surface area contributed by atoms with Crippen LogP contribution in [0.3, 0.4) is 0 Å². The van der Waals surface area contributed by atoms with Crippen LogP contribution < -0.4 is 49.6 Å². The first kappa shape index (κ1) is 39.2. The molecule has 2 fully saturated rings. The fraction of sp³-hybridized carbons (Fsp3) is 0.778. The first-order chi connectivity index (χ1) is 13.8. The molecule has 0 spiro atoms. The Labute approximate surface area is 251 Å². The molecule has 0 nitrogen and oxygen atoms in total. The van der Waals surface area contributed by atoms with Crippen molar-refractivity contribution in [1.29, 1.82) is 0 Å². The zero-order valence-corrected chi connectivity index (χ0v) is 27.2. The van der Waals surface area contributed by atoms with Crippen LogP contribution in [-0.2, 0) is 26.2 Å². The SMILES string of the molecule is CCCCC(=C(CCCC)P(C1CCCCC1)C1CCCCC1)C1C=CC=C1.[Cl-].[Cl-].[Cl-].[Cl-].[Zr+4]. The second kappa shape index (κ2) is 22.9. The first-order valence-corrected chi connectivity index (χ1v) is 14.2. The maximum Gasteiger partial charge on any atom is 4.00 e. The van der Waals surface area contributed by atoms with E-state index in [1.165, 1.54) is 103 Å². The summed E-state index contributed by atoms with van der Waals surface area (Å²) >= 11 is 0. The van der Waals surface area contributed by atoms with Crippen LogP contribution in [0.25, 0.3) is 0 Å². The van der Waals surface area contributed by atoms with Crippen LogP contribution in [0.4, 0.5) is 0 Å². The Morgan fingerprint density at radius 2 is 1.09 bits per heavy atom. The van der Waals surface area contributed by atoms with E-state index in [9.17, 15) is 0 Å². The van der Waals surface area contributed by atoms with Crippen molar-refractivity contribution in [2.75, 3.05) is 0 Å². The topological polar surface area (TPSA) is 0 Å². The minimum absolute atomic E-state index is 0. The maximum atomic E-state index is 2.49. The van der Waals surface area contributed by atoms with Crippen molar-refractivity contribution >= 4 is 7.92 Å². The van der Waals surface area contributed by atoms with Gasteiger partial charge in [0.2, 0.25) is 0 Å². The first-order valence-electron chi connectivity index (χ1n) is 12.7. The summed E-state index contributed by atoms with van der Waals surface area (Å²) in [5.41, 5.74) is 3.97. The van der Waals surface area contributed by atoms with Crippen LogP contribution >= 0.6 is 7.92 Å². The maximum absolute atomic E-state index is 2.49. The molecule has 0 aromatic rings. The molecule has 3 rings (SSSR count). The van der Waals surface area contributed by atoms with Gasteiger partial charge in [0, 0.05) is 5.92 Å². The van der Waals surface area contributed by atoms with E-state index in [0.717, 1.165) is 11.3 Å². The average molecular weight is 634 g/mol. The van der Waals surface area contributed by atoms with Gasteiger partial charge in [-0.15, -0.1) is 0 Å².